The lowest BCUT2D eigenvalue weighted by molar-refractivity contribution is 0.398. The highest BCUT2D eigenvalue weighted by atomic mass is 19.1. The molecular weight excluding hydrogens is 257 g/mol. The number of nitrogens with zero attached hydrogens (tertiary/aromatic N) is 2. The van der Waals surface area contributed by atoms with Gasteiger partial charge in [0.1, 0.15) is 5.82 Å². The van der Waals surface area contributed by atoms with Crippen LogP contribution in [0.2, 0.25) is 0 Å². The Morgan fingerprint density at radius 2 is 1.90 bits per heavy atom. The minimum atomic E-state index is -0.358. The molecule has 0 amide bonds. The number of hydrogen-bond acceptors (Lipinski definition) is 4. The van der Waals surface area contributed by atoms with E-state index in [1.807, 2.05) is 24.3 Å². The molecule has 0 saturated heterocycles. The Balaban J connectivity index is 2.34. The van der Waals surface area contributed by atoms with E-state index in [1.54, 1.807) is 12.1 Å². The molecule has 0 unspecified atom stereocenters. The summed E-state index contributed by atoms with van der Waals surface area (Å²) in [6, 6.07) is 12.2. The number of anilines is 1. The maximum absolute atomic E-state index is 14.2. The molecule has 100 valence electrons. The van der Waals surface area contributed by atoms with Crippen LogP contribution in [0.25, 0.3) is 22.0 Å². The first kappa shape index (κ1) is 12.3. The maximum atomic E-state index is 14.2. The summed E-state index contributed by atoms with van der Waals surface area (Å²) in [6.45, 7) is 0. The van der Waals surface area contributed by atoms with Gasteiger partial charge in [0.25, 0.3) is 0 Å². The Morgan fingerprint density at radius 1 is 1.10 bits per heavy atom. The van der Waals surface area contributed by atoms with Gasteiger partial charge in [-0.05, 0) is 16.8 Å². The van der Waals surface area contributed by atoms with Crippen molar-refractivity contribution >= 4 is 16.7 Å². The number of aromatic nitrogens is 2. The topological polar surface area (TPSA) is 61.0 Å². The van der Waals surface area contributed by atoms with Crippen molar-refractivity contribution in [2.24, 2.45) is 0 Å². The van der Waals surface area contributed by atoms with Gasteiger partial charge in [0, 0.05) is 11.6 Å². The van der Waals surface area contributed by atoms with Crippen molar-refractivity contribution in [2.75, 3.05) is 12.8 Å². The van der Waals surface area contributed by atoms with Crippen molar-refractivity contribution in [3.8, 4) is 17.1 Å². The molecule has 0 aliphatic rings. The zero-order valence-corrected chi connectivity index (χ0v) is 10.8. The van der Waals surface area contributed by atoms with E-state index in [2.05, 4.69) is 9.97 Å². The molecule has 1 heterocycles. The average Bonchev–Trinajstić information content (AvgIpc) is 2.46. The lowest BCUT2D eigenvalue weighted by Crippen LogP contribution is -2.00. The van der Waals surface area contributed by atoms with Crippen LogP contribution in [-0.2, 0) is 0 Å². The van der Waals surface area contributed by atoms with Gasteiger partial charge in [0.15, 0.2) is 0 Å². The van der Waals surface area contributed by atoms with E-state index in [4.69, 9.17) is 10.5 Å². The first-order valence-electron chi connectivity index (χ1n) is 6.05. The number of nitrogen functional groups attached to an aromatic ring is 1. The molecule has 0 radical (unpaired) electrons. The third-order valence-corrected chi connectivity index (χ3v) is 3.06. The van der Waals surface area contributed by atoms with Crippen molar-refractivity contribution in [3.05, 3.63) is 48.3 Å². The minimum absolute atomic E-state index is 0.0479. The van der Waals surface area contributed by atoms with Crippen molar-refractivity contribution in [2.45, 2.75) is 0 Å². The third-order valence-electron chi connectivity index (χ3n) is 3.06. The number of methoxy groups -OCH3 is 1. The van der Waals surface area contributed by atoms with Crippen LogP contribution >= 0.6 is 0 Å². The van der Waals surface area contributed by atoms with Gasteiger partial charge < -0.3 is 10.5 Å². The van der Waals surface area contributed by atoms with Gasteiger partial charge in [-0.3, -0.25) is 0 Å². The van der Waals surface area contributed by atoms with E-state index < -0.39 is 0 Å². The van der Waals surface area contributed by atoms with Crippen LogP contribution in [0.1, 0.15) is 0 Å². The summed E-state index contributed by atoms with van der Waals surface area (Å²) in [4.78, 5) is 8.02. The second kappa shape index (κ2) is 4.77. The molecule has 3 rings (SSSR count). The van der Waals surface area contributed by atoms with Gasteiger partial charge in [-0.1, -0.05) is 30.3 Å². The number of ether oxygens (including phenoxy) is 1. The number of nitrogens with two attached hydrogens (primary N) is 1. The lowest BCUT2D eigenvalue weighted by Gasteiger charge is -2.09. The van der Waals surface area contributed by atoms with Gasteiger partial charge in [0.2, 0.25) is 11.8 Å². The van der Waals surface area contributed by atoms with Gasteiger partial charge in [-0.25, -0.2) is 9.37 Å². The normalized spacial score (nSPS) is 10.7. The fraction of sp³-hybridized carbons (Fsp3) is 0.0667. The van der Waals surface area contributed by atoms with E-state index >= 15 is 0 Å². The molecule has 0 fully saturated rings. The molecule has 20 heavy (non-hydrogen) atoms. The molecule has 0 spiro atoms. The maximum Gasteiger partial charge on any atom is 0.223 e. The average molecular weight is 269 g/mol. The first-order chi connectivity index (χ1) is 9.69. The molecular formula is C15H12FN3O. The zero-order valence-electron chi connectivity index (χ0n) is 10.8. The number of hydrogen-bond donors (Lipinski definition) is 1. The Morgan fingerprint density at radius 3 is 2.70 bits per heavy atom. The molecule has 2 N–H and O–H groups in total. The summed E-state index contributed by atoms with van der Waals surface area (Å²) in [5.41, 5.74) is 6.45. The molecule has 2 aromatic carbocycles. The molecule has 0 atom stereocenters. The molecule has 4 nitrogen and oxygen atoms in total. The molecule has 5 heteroatoms. The Bertz CT molecular complexity index is 789. The van der Waals surface area contributed by atoms with Gasteiger partial charge in [-0.2, -0.15) is 4.98 Å². The van der Waals surface area contributed by atoms with E-state index in [1.165, 1.54) is 13.2 Å². The van der Waals surface area contributed by atoms with Crippen LogP contribution < -0.4 is 10.5 Å². The zero-order chi connectivity index (χ0) is 14.1. The predicted molar refractivity (Wildman–Crippen MR) is 75.9 cm³/mol. The third kappa shape index (κ3) is 2.03. The Hall–Kier alpha value is -2.69. The summed E-state index contributed by atoms with van der Waals surface area (Å²) >= 11 is 0. The van der Waals surface area contributed by atoms with Crippen molar-refractivity contribution in [3.63, 3.8) is 0 Å². The lowest BCUT2D eigenvalue weighted by atomic mass is 10.0. The summed E-state index contributed by atoms with van der Waals surface area (Å²) in [7, 11) is 1.48. The van der Waals surface area contributed by atoms with Crippen LogP contribution in [0.5, 0.6) is 5.88 Å². The van der Waals surface area contributed by atoms with Gasteiger partial charge in [0.05, 0.1) is 12.8 Å². The molecule has 0 saturated carbocycles. The van der Waals surface area contributed by atoms with Crippen LogP contribution in [0, 0.1) is 5.82 Å². The van der Waals surface area contributed by atoms with Crippen LogP contribution in [-0.4, -0.2) is 17.1 Å². The SMILES string of the molecule is COc1cc(-c2c(F)ccc3ccccc23)nc(N)n1. The monoisotopic (exact) mass is 269 g/mol. The molecule has 0 aliphatic carbocycles. The largest absolute Gasteiger partial charge is 0.481 e. The summed E-state index contributed by atoms with van der Waals surface area (Å²) in [5.74, 6) is -0.00429. The summed E-state index contributed by atoms with van der Waals surface area (Å²) < 4.78 is 19.3. The van der Waals surface area contributed by atoms with Crippen LogP contribution in [0.3, 0.4) is 0 Å². The number of rotatable bonds is 2. The Kier molecular flexibility index (Phi) is 2.95. The highest BCUT2D eigenvalue weighted by Gasteiger charge is 2.13. The predicted octanol–water partition coefficient (Wildman–Crippen LogP) is 3.03. The minimum Gasteiger partial charge on any atom is -0.481 e. The van der Waals surface area contributed by atoms with Crippen molar-refractivity contribution < 1.29 is 9.13 Å². The van der Waals surface area contributed by atoms with Crippen LogP contribution in [0.15, 0.2) is 42.5 Å². The number of halogens is 1. The molecule has 3 aromatic rings. The standard InChI is InChI=1S/C15H12FN3O/c1-20-13-8-12(18-15(17)19-13)14-10-5-3-2-4-9(10)6-7-11(14)16/h2-8H,1H3,(H2,17,18,19). The molecule has 1 aromatic heterocycles. The summed E-state index contributed by atoms with van der Waals surface area (Å²) in [5, 5.41) is 1.70. The first-order valence-corrected chi connectivity index (χ1v) is 6.05. The Labute approximate surface area is 115 Å². The van der Waals surface area contributed by atoms with Gasteiger partial charge in [-0.15, -0.1) is 0 Å². The summed E-state index contributed by atoms with van der Waals surface area (Å²) in [6.07, 6.45) is 0. The number of fused-ring (bicyclic) bond motifs is 1. The van der Waals surface area contributed by atoms with Crippen molar-refractivity contribution in [1.29, 1.82) is 0 Å². The van der Waals surface area contributed by atoms with E-state index in [0.29, 0.717) is 17.1 Å². The molecule has 0 bridgehead atoms. The number of benzene rings is 2. The fourth-order valence-corrected chi connectivity index (χ4v) is 2.18. The fourth-order valence-electron chi connectivity index (χ4n) is 2.18. The van der Waals surface area contributed by atoms with E-state index in [0.717, 1.165) is 10.8 Å². The second-order valence-electron chi connectivity index (χ2n) is 4.30. The quantitative estimate of drug-likeness (QED) is 0.776. The van der Waals surface area contributed by atoms with E-state index in [-0.39, 0.29) is 11.8 Å². The van der Waals surface area contributed by atoms with Crippen LogP contribution in [0.4, 0.5) is 10.3 Å². The van der Waals surface area contributed by atoms with Gasteiger partial charge >= 0.3 is 0 Å². The van der Waals surface area contributed by atoms with E-state index in [9.17, 15) is 4.39 Å². The molecule has 0 aliphatic heterocycles. The second-order valence-corrected chi connectivity index (χ2v) is 4.30. The highest BCUT2D eigenvalue weighted by Crippen LogP contribution is 2.31. The smallest absolute Gasteiger partial charge is 0.223 e. The van der Waals surface area contributed by atoms with Crippen molar-refractivity contribution in [1.82, 2.24) is 9.97 Å². The highest BCUT2D eigenvalue weighted by molar-refractivity contribution is 5.96.